The molecule has 3 heterocycles. The Morgan fingerprint density at radius 3 is 2.83 bits per heavy atom. The van der Waals surface area contributed by atoms with Crippen LogP contribution in [0.5, 0.6) is 5.88 Å². The number of hydrogen-bond donors (Lipinski definition) is 1. The van der Waals surface area contributed by atoms with Gasteiger partial charge >= 0.3 is 0 Å². The van der Waals surface area contributed by atoms with E-state index < -0.39 is 0 Å². The van der Waals surface area contributed by atoms with E-state index in [-0.39, 0.29) is 0 Å². The van der Waals surface area contributed by atoms with Crippen LogP contribution >= 0.6 is 23.1 Å². The van der Waals surface area contributed by atoms with Crippen molar-refractivity contribution in [1.29, 1.82) is 0 Å². The van der Waals surface area contributed by atoms with Gasteiger partial charge in [-0.2, -0.15) is 9.47 Å². The van der Waals surface area contributed by atoms with Crippen LogP contribution < -0.4 is 10.1 Å². The van der Waals surface area contributed by atoms with Gasteiger partial charge in [0.15, 0.2) is 0 Å². The second-order valence-corrected chi connectivity index (χ2v) is 6.25. The minimum atomic E-state index is 0.463. The van der Waals surface area contributed by atoms with Crippen molar-refractivity contribution in [3.8, 4) is 17.0 Å². The molecule has 0 amide bonds. The van der Waals surface area contributed by atoms with Gasteiger partial charge in [0.25, 0.3) is 0 Å². The van der Waals surface area contributed by atoms with Crippen LogP contribution in [0.4, 0.5) is 5.82 Å². The van der Waals surface area contributed by atoms with E-state index in [1.807, 2.05) is 38.5 Å². The molecule has 0 bridgehead atoms. The third-order valence-corrected chi connectivity index (χ3v) is 4.72. The average Bonchev–Trinajstić information content (AvgIpc) is 3.11. The summed E-state index contributed by atoms with van der Waals surface area (Å²) in [5, 5.41) is 8.01. The summed E-state index contributed by atoms with van der Waals surface area (Å²) < 4.78 is 11.0. The number of ether oxygens (including phenoxy) is 1. The maximum Gasteiger partial charge on any atom is 0.244 e. The minimum absolute atomic E-state index is 0.463. The monoisotopic (exact) mass is 349 g/mol. The Bertz CT molecular complexity index is 829. The average molecular weight is 350 g/mol. The quantitative estimate of drug-likeness (QED) is 0.763. The van der Waals surface area contributed by atoms with Crippen molar-refractivity contribution >= 4 is 29.0 Å². The molecule has 0 aromatic carbocycles. The van der Waals surface area contributed by atoms with Crippen LogP contribution in [0.3, 0.4) is 0 Å². The van der Waals surface area contributed by atoms with Gasteiger partial charge in [-0.25, -0.2) is 4.98 Å². The van der Waals surface area contributed by atoms with Crippen LogP contribution in [0.2, 0.25) is 5.02 Å². The van der Waals surface area contributed by atoms with E-state index >= 15 is 0 Å². The third kappa shape index (κ3) is 3.30. The van der Waals surface area contributed by atoms with Crippen molar-refractivity contribution in [2.24, 2.45) is 7.05 Å². The van der Waals surface area contributed by atoms with E-state index in [1.165, 1.54) is 11.5 Å². The predicted molar refractivity (Wildman–Crippen MR) is 92.2 cm³/mol. The first-order chi connectivity index (χ1) is 11.1. The first-order valence-electron chi connectivity index (χ1n) is 6.97. The van der Waals surface area contributed by atoms with Crippen LogP contribution in [-0.2, 0) is 13.6 Å². The molecule has 120 valence electrons. The van der Waals surface area contributed by atoms with Crippen molar-refractivity contribution in [3.63, 3.8) is 0 Å². The largest absolute Gasteiger partial charge is 0.479 e. The zero-order valence-electron chi connectivity index (χ0n) is 13.0. The first-order valence-corrected chi connectivity index (χ1v) is 8.12. The highest BCUT2D eigenvalue weighted by atomic mass is 35.5. The molecule has 0 aliphatic carbocycles. The highest BCUT2D eigenvalue weighted by molar-refractivity contribution is 7.06. The van der Waals surface area contributed by atoms with Crippen LogP contribution in [-0.4, -0.2) is 26.2 Å². The number of pyridine rings is 1. The summed E-state index contributed by atoms with van der Waals surface area (Å²) in [6, 6.07) is 3.98. The Kier molecular flexibility index (Phi) is 4.49. The molecule has 8 heteroatoms. The van der Waals surface area contributed by atoms with Crippen molar-refractivity contribution in [2.75, 3.05) is 12.4 Å². The molecule has 3 rings (SSSR count). The normalized spacial score (nSPS) is 10.8. The molecule has 3 aromatic rings. The molecule has 1 N–H and O–H groups in total. The van der Waals surface area contributed by atoms with Crippen molar-refractivity contribution < 1.29 is 4.74 Å². The van der Waals surface area contributed by atoms with Gasteiger partial charge in [-0.15, -0.1) is 0 Å². The number of aromatic nitrogens is 4. The van der Waals surface area contributed by atoms with Crippen molar-refractivity contribution in [2.45, 2.75) is 13.5 Å². The SMILES string of the molecule is COc1nsc(CNc2ccc(-c3cnn(C)c3)c(C)n2)c1Cl. The molecule has 0 unspecified atom stereocenters. The number of halogens is 1. The zero-order chi connectivity index (χ0) is 16.4. The number of nitrogens with one attached hydrogen (secondary N) is 1. The molecule has 0 atom stereocenters. The molecule has 6 nitrogen and oxygen atoms in total. The Morgan fingerprint density at radius 2 is 2.22 bits per heavy atom. The molecule has 0 saturated heterocycles. The molecule has 23 heavy (non-hydrogen) atoms. The fourth-order valence-electron chi connectivity index (χ4n) is 2.23. The lowest BCUT2D eigenvalue weighted by atomic mass is 10.1. The number of methoxy groups -OCH3 is 1. The fourth-order valence-corrected chi connectivity index (χ4v) is 3.23. The summed E-state index contributed by atoms with van der Waals surface area (Å²) in [5.74, 6) is 1.25. The van der Waals surface area contributed by atoms with Gasteiger partial charge < -0.3 is 10.1 Å². The topological polar surface area (TPSA) is 64.9 Å². The van der Waals surface area contributed by atoms with E-state index in [2.05, 4.69) is 19.8 Å². The second-order valence-electron chi connectivity index (χ2n) is 5.01. The van der Waals surface area contributed by atoms with Crippen molar-refractivity contribution in [3.05, 3.63) is 40.1 Å². The Morgan fingerprint density at radius 1 is 1.39 bits per heavy atom. The van der Waals surface area contributed by atoms with Gasteiger partial charge in [0, 0.05) is 30.1 Å². The summed E-state index contributed by atoms with van der Waals surface area (Å²) in [6.07, 6.45) is 3.81. The van der Waals surface area contributed by atoms with Gasteiger partial charge in [-0.05, 0) is 30.6 Å². The lowest BCUT2D eigenvalue weighted by molar-refractivity contribution is 0.402. The van der Waals surface area contributed by atoms with Crippen LogP contribution in [0, 0.1) is 6.92 Å². The number of rotatable bonds is 5. The summed E-state index contributed by atoms with van der Waals surface area (Å²) in [4.78, 5) is 5.51. The first kappa shape index (κ1) is 15.8. The van der Waals surface area contributed by atoms with Crippen molar-refractivity contribution in [1.82, 2.24) is 19.1 Å². The van der Waals surface area contributed by atoms with E-state index in [9.17, 15) is 0 Å². The number of anilines is 1. The van der Waals surface area contributed by atoms with Crippen LogP contribution in [0.25, 0.3) is 11.1 Å². The highest BCUT2D eigenvalue weighted by Gasteiger charge is 2.12. The molecule has 0 aliphatic rings. The molecule has 0 saturated carbocycles. The Hall–Kier alpha value is -2.12. The predicted octanol–water partition coefficient (Wildman–Crippen LogP) is 3.52. The fraction of sp³-hybridized carbons (Fsp3) is 0.267. The van der Waals surface area contributed by atoms with E-state index in [1.54, 1.807) is 11.8 Å². The number of hydrogen-bond acceptors (Lipinski definition) is 6. The molecule has 0 radical (unpaired) electrons. The lowest BCUT2D eigenvalue weighted by Gasteiger charge is -2.08. The lowest BCUT2D eigenvalue weighted by Crippen LogP contribution is -2.01. The van der Waals surface area contributed by atoms with Gasteiger partial charge in [-0.1, -0.05) is 11.6 Å². The molecular formula is C15H16ClN5OS. The third-order valence-electron chi connectivity index (χ3n) is 3.40. The van der Waals surface area contributed by atoms with E-state index in [0.717, 1.165) is 27.5 Å². The summed E-state index contributed by atoms with van der Waals surface area (Å²) in [5.41, 5.74) is 3.07. The Labute approximate surface area is 143 Å². The van der Waals surface area contributed by atoms with Gasteiger partial charge in [-0.3, -0.25) is 4.68 Å². The van der Waals surface area contributed by atoms with Crippen LogP contribution in [0.15, 0.2) is 24.5 Å². The molecule has 0 fully saturated rings. The maximum absolute atomic E-state index is 6.18. The molecule has 0 spiro atoms. The zero-order valence-corrected chi connectivity index (χ0v) is 14.6. The minimum Gasteiger partial charge on any atom is -0.479 e. The standard InChI is InChI=1S/C15H16ClN5OS/c1-9-11(10-6-18-21(2)8-10)4-5-13(19-9)17-7-12-14(16)15(22-3)20-23-12/h4-6,8H,7H2,1-3H3,(H,17,19). The van der Waals surface area contributed by atoms with Gasteiger partial charge in [0.05, 0.1) is 24.7 Å². The Balaban J connectivity index is 1.74. The molecule has 3 aromatic heterocycles. The van der Waals surface area contributed by atoms with Gasteiger partial charge in [0.1, 0.15) is 10.8 Å². The smallest absolute Gasteiger partial charge is 0.244 e. The summed E-state index contributed by atoms with van der Waals surface area (Å²) >= 11 is 7.50. The number of nitrogens with zero attached hydrogens (tertiary/aromatic N) is 4. The second kappa shape index (κ2) is 6.55. The van der Waals surface area contributed by atoms with E-state index in [0.29, 0.717) is 17.4 Å². The summed E-state index contributed by atoms with van der Waals surface area (Å²) in [7, 11) is 3.45. The maximum atomic E-state index is 6.18. The number of aryl methyl sites for hydroxylation is 2. The molecule has 0 aliphatic heterocycles. The highest BCUT2D eigenvalue weighted by Crippen LogP contribution is 2.31. The summed E-state index contributed by atoms with van der Waals surface area (Å²) in [6.45, 7) is 2.54. The molecular weight excluding hydrogens is 334 g/mol. The van der Waals surface area contributed by atoms with Crippen LogP contribution in [0.1, 0.15) is 10.6 Å². The van der Waals surface area contributed by atoms with Gasteiger partial charge in [0.2, 0.25) is 5.88 Å². The van der Waals surface area contributed by atoms with E-state index in [4.69, 9.17) is 16.3 Å².